The number of alkyl halides is 3. The Bertz CT molecular complexity index is 334. The van der Waals surface area contributed by atoms with Gasteiger partial charge in [0.2, 0.25) is 5.95 Å². The number of pyridine rings is 1. The molecular formula is C11H14F4N2. The molecule has 0 bridgehead atoms. The van der Waals surface area contributed by atoms with Gasteiger partial charge in [-0.25, -0.2) is 4.98 Å². The molecule has 0 aliphatic rings. The fraction of sp³-hybridized carbons (Fsp3) is 0.545. The van der Waals surface area contributed by atoms with Crippen molar-refractivity contribution in [3.05, 3.63) is 24.3 Å². The number of nitrogens with one attached hydrogen (secondary N) is 1. The zero-order valence-electron chi connectivity index (χ0n) is 9.39. The summed E-state index contributed by atoms with van der Waals surface area (Å²) >= 11 is 0. The fourth-order valence-corrected chi connectivity index (χ4v) is 1.43. The van der Waals surface area contributed by atoms with Crippen LogP contribution in [0.15, 0.2) is 18.3 Å². The summed E-state index contributed by atoms with van der Waals surface area (Å²) in [7, 11) is 0. The van der Waals surface area contributed by atoms with Gasteiger partial charge in [0.25, 0.3) is 0 Å². The van der Waals surface area contributed by atoms with Crippen molar-refractivity contribution in [1.82, 2.24) is 4.98 Å². The minimum atomic E-state index is -4.10. The second-order valence-corrected chi connectivity index (χ2v) is 3.92. The van der Waals surface area contributed by atoms with E-state index in [2.05, 4.69) is 10.3 Å². The lowest BCUT2D eigenvalue weighted by atomic mass is 10.1. The van der Waals surface area contributed by atoms with Crippen molar-refractivity contribution in [3.63, 3.8) is 0 Å². The Morgan fingerprint density at radius 3 is 2.59 bits per heavy atom. The second kappa shape index (κ2) is 5.84. The van der Waals surface area contributed by atoms with E-state index in [0.717, 1.165) is 0 Å². The van der Waals surface area contributed by atoms with Crippen molar-refractivity contribution in [2.75, 3.05) is 5.32 Å². The molecule has 0 saturated heterocycles. The first-order valence-corrected chi connectivity index (χ1v) is 5.31. The lowest BCUT2D eigenvalue weighted by Crippen LogP contribution is -2.16. The van der Waals surface area contributed by atoms with Gasteiger partial charge in [0.1, 0.15) is 0 Å². The van der Waals surface area contributed by atoms with Gasteiger partial charge in [-0.05, 0) is 31.9 Å². The van der Waals surface area contributed by atoms with Crippen LogP contribution in [0.5, 0.6) is 0 Å². The maximum atomic E-state index is 12.5. The van der Waals surface area contributed by atoms with E-state index in [1.54, 1.807) is 6.92 Å². The van der Waals surface area contributed by atoms with Crippen molar-refractivity contribution >= 4 is 5.69 Å². The van der Waals surface area contributed by atoms with Crippen molar-refractivity contribution in [2.24, 2.45) is 0 Å². The SMILES string of the molecule is CC(CCCC(F)(F)F)Nc1ccc(F)nc1. The highest BCUT2D eigenvalue weighted by molar-refractivity contribution is 5.40. The maximum absolute atomic E-state index is 12.5. The van der Waals surface area contributed by atoms with Gasteiger partial charge < -0.3 is 5.32 Å². The fourth-order valence-electron chi connectivity index (χ4n) is 1.43. The molecule has 0 aliphatic carbocycles. The number of nitrogens with zero attached hydrogens (tertiary/aromatic N) is 1. The van der Waals surface area contributed by atoms with Crippen LogP contribution in [0.25, 0.3) is 0 Å². The third-order valence-electron chi connectivity index (χ3n) is 2.24. The Balaban J connectivity index is 2.30. The van der Waals surface area contributed by atoms with Gasteiger partial charge >= 0.3 is 6.18 Å². The van der Waals surface area contributed by atoms with Crippen molar-refractivity contribution in [3.8, 4) is 0 Å². The van der Waals surface area contributed by atoms with Gasteiger partial charge in [-0.2, -0.15) is 17.6 Å². The molecule has 1 heterocycles. The lowest BCUT2D eigenvalue weighted by molar-refractivity contribution is -0.135. The van der Waals surface area contributed by atoms with E-state index in [0.29, 0.717) is 12.1 Å². The maximum Gasteiger partial charge on any atom is 0.389 e. The van der Waals surface area contributed by atoms with Gasteiger partial charge in [-0.1, -0.05) is 0 Å². The highest BCUT2D eigenvalue weighted by Gasteiger charge is 2.26. The summed E-state index contributed by atoms with van der Waals surface area (Å²) < 4.78 is 48.2. The third-order valence-corrected chi connectivity index (χ3v) is 2.24. The Hall–Kier alpha value is -1.33. The number of halogens is 4. The van der Waals surface area contributed by atoms with Gasteiger partial charge in [0.15, 0.2) is 0 Å². The molecule has 1 atom stereocenters. The second-order valence-electron chi connectivity index (χ2n) is 3.92. The van der Waals surface area contributed by atoms with E-state index in [1.165, 1.54) is 18.3 Å². The number of hydrogen-bond donors (Lipinski definition) is 1. The first-order valence-electron chi connectivity index (χ1n) is 5.31. The molecule has 1 N–H and O–H groups in total. The normalized spacial score (nSPS) is 13.5. The predicted molar refractivity (Wildman–Crippen MR) is 57.2 cm³/mol. The summed E-state index contributed by atoms with van der Waals surface area (Å²) in [6, 6.07) is 2.59. The van der Waals surface area contributed by atoms with Crippen LogP contribution >= 0.6 is 0 Å². The molecule has 96 valence electrons. The highest BCUT2D eigenvalue weighted by atomic mass is 19.4. The molecule has 2 nitrogen and oxygen atoms in total. The lowest BCUT2D eigenvalue weighted by Gasteiger charge is -2.15. The summed E-state index contributed by atoms with van der Waals surface area (Å²) in [6.07, 6.45) is -3.09. The van der Waals surface area contributed by atoms with Crippen molar-refractivity contribution < 1.29 is 17.6 Å². The Labute approximate surface area is 97.1 Å². The molecule has 0 saturated carbocycles. The average Bonchev–Trinajstić information content (AvgIpc) is 2.19. The number of aromatic nitrogens is 1. The van der Waals surface area contributed by atoms with Crippen molar-refractivity contribution in [2.45, 2.75) is 38.4 Å². The smallest absolute Gasteiger partial charge is 0.381 e. The number of hydrogen-bond acceptors (Lipinski definition) is 2. The van der Waals surface area contributed by atoms with Gasteiger partial charge in [-0.3, -0.25) is 0 Å². The van der Waals surface area contributed by atoms with Crippen LogP contribution in [0.2, 0.25) is 0 Å². The molecule has 0 fully saturated rings. The molecule has 0 aromatic carbocycles. The summed E-state index contributed by atoms with van der Waals surface area (Å²) in [5.74, 6) is -0.583. The Morgan fingerprint density at radius 1 is 1.35 bits per heavy atom. The van der Waals surface area contributed by atoms with Gasteiger partial charge in [0.05, 0.1) is 11.9 Å². The van der Waals surface area contributed by atoms with E-state index in [1.807, 2.05) is 0 Å². The Morgan fingerprint density at radius 2 is 2.06 bits per heavy atom. The topological polar surface area (TPSA) is 24.9 Å². The minimum absolute atomic E-state index is 0.0757. The molecule has 1 aromatic rings. The standard InChI is InChI=1S/C11H14F4N2/c1-8(3-2-6-11(13,14)15)17-9-4-5-10(12)16-7-9/h4-5,7-8,17H,2-3,6H2,1H3. The summed E-state index contributed by atoms with van der Waals surface area (Å²) in [4.78, 5) is 3.44. The van der Waals surface area contributed by atoms with Crippen LogP contribution in [0.1, 0.15) is 26.2 Å². The van der Waals surface area contributed by atoms with Crippen LogP contribution in [0, 0.1) is 5.95 Å². The van der Waals surface area contributed by atoms with Crippen LogP contribution in [0.3, 0.4) is 0 Å². The molecule has 1 rings (SSSR count). The molecule has 0 aliphatic heterocycles. The number of rotatable bonds is 5. The van der Waals surface area contributed by atoms with E-state index in [9.17, 15) is 17.6 Å². The molecule has 0 amide bonds. The highest BCUT2D eigenvalue weighted by Crippen LogP contribution is 2.23. The average molecular weight is 250 g/mol. The first kappa shape index (κ1) is 13.7. The number of anilines is 1. The van der Waals surface area contributed by atoms with Crippen LogP contribution < -0.4 is 5.32 Å². The van der Waals surface area contributed by atoms with Crippen LogP contribution in [-0.2, 0) is 0 Å². The van der Waals surface area contributed by atoms with E-state index < -0.39 is 18.5 Å². The van der Waals surface area contributed by atoms with Gasteiger partial charge in [0, 0.05) is 12.5 Å². The van der Waals surface area contributed by atoms with Crippen LogP contribution in [-0.4, -0.2) is 17.2 Å². The van der Waals surface area contributed by atoms with Crippen LogP contribution in [0.4, 0.5) is 23.2 Å². The zero-order chi connectivity index (χ0) is 12.9. The monoisotopic (exact) mass is 250 g/mol. The van der Waals surface area contributed by atoms with Crippen molar-refractivity contribution in [1.29, 1.82) is 0 Å². The molecular weight excluding hydrogens is 236 g/mol. The molecule has 6 heteroatoms. The minimum Gasteiger partial charge on any atom is -0.381 e. The summed E-state index contributed by atoms with van der Waals surface area (Å²) in [6.45, 7) is 1.78. The predicted octanol–water partition coefficient (Wildman–Crippen LogP) is 3.75. The summed E-state index contributed by atoms with van der Waals surface area (Å²) in [5.41, 5.74) is 0.603. The molecule has 1 unspecified atom stereocenters. The largest absolute Gasteiger partial charge is 0.389 e. The molecule has 0 spiro atoms. The van der Waals surface area contributed by atoms with E-state index >= 15 is 0 Å². The third kappa shape index (κ3) is 6.09. The van der Waals surface area contributed by atoms with Gasteiger partial charge in [-0.15, -0.1) is 0 Å². The van der Waals surface area contributed by atoms with E-state index in [4.69, 9.17) is 0 Å². The molecule has 1 aromatic heterocycles. The van der Waals surface area contributed by atoms with E-state index in [-0.39, 0.29) is 12.5 Å². The molecule has 0 radical (unpaired) electrons. The summed E-state index contributed by atoms with van der Waals surface area (Å²) in [5, 5.41) is 2.96. The first-order chi connectivity index (χ1) is 7.87. The Kier molecular flexibility index (Phi) is 4.72. The molecule has 17 heavy (non-hydrogen) atoms. The zero-order valence-corrected chi connectivity index (χ0v) is 9.39. The quantitative estimate of drug-likeness (QED) is 0.635.